The summed E-state index contributed by atoms with van der Waals surface area (Å²) in [6.07, 6.45) is 1.11. The topological polar surface area (TPSA) is 79.5 Å². The van der Waals surface area contributed by atoms with E-state index < -0.39 is 0 Å². The molecule has 0 aliphatic carbocycles. The predicted octanol–water partition coefficient (Wildman–Crippen LogP) is 4.68. The summed E-state index contributed by atoms with van der Waals surface area (Å²) in [5.41, 5.74) is 3.53. The Morgan fingerprint density at radius 1 is 0.875 bits per heavy atom. The van der Waals surface area contributed by atoms with Gasteiger partial charge >= 0.3 is 6.03 Å². The van der Waals surface area contributed by atoms with Gasteiger partial charge in [0.15, 0.2) is 0 Å². The molecule has 0 spiro atoms. The molecular weight excluding hydrogens is 402 g/mol. The van der Waals surface area contributed by atoms with Crippen molar-refractivity contribution in [2.45, 2.75) is 25.8 Å². The Bertz CT molecular complexity index is 1000. The van der Waals surface area contributed by atoms with Crippen LogP contribution in [0, 0.1) is 0 Å². The van der Waals surface area contributed by atoms with Gasteiger partial charge in [-0.2, -0.15) is 0 Å². The number of methoxy groups -OCH3 is 1. The summed E-state index contributed by atoms with van der Waals surface area (Å²) in [4.78, 5) is 24.6. The lowest BCUT2D eigenvalue weighted by Gasteiger charge is -2.20. The Hall–Kier alpha value is -3.80. The summed E-state index contributed by atoms with van der Waals surface area (Å²) >= 11 is 0. The maximum absolute atomic E-state index is 12.9. The fourth-order valence-electron chi connectivity index (χ4n) is 3.32. The second-order valence-corrected chi connectivity index (χ2v) is 7.44. The zero-order valence-electron chi connectivity index (χ0n) is 18.4. The lowest BCUT2D eigenvalue weighted by molar-refractivity contribution is -0.120. The number of nitrogens with one attached hydrogen (secondary N) is 3. The van der Waals surface area contributed by atoms with Crippen molar-refractivity contribution in [2.75, 3.05) is 19.0 Å². The number of anilines is 1. The molecule has 0 aromatic heterocycles. The third kappa shape index (κ3) is 6.60. The van der Waals surface area contributed by atoms with Crippen LogP contribution in [-0.2, 0) is 11.2 Å². The van der Waals surface area contributed by atoms with Crippen LogP contribution in [0.4, 0.5) is 10.5 Å². The summed E-state index contributed by atoms with van der Waals surface area (Å²) in [6, 6.07) is 24.4. The smallest absolute Gasteiger partial charge is 0.319 e. The second kappa shape index (κ2) is 11.6. The van der Waals surface area contributed by atoms with E-state index in [0.717, 1.165) is 28.9 Å². The zero-order chi connectivity index (χ0) is 22.8. The van der Waals surface area contributed by atoms with E-state index >= 15 is 0 Å². The van der Waals surface area contributed by atoms with Gasteiger partial charge in [-0.3, -0.25) is 4.79 Å². The first-order chi connectivity index (χ1) is 15.6. The molecule has 0 radical (unpaired) electrons. The average molecular weight is 432 g/mol. The molecule has 6 heteroatoms. The molecule has 1 atom stereocenters. The first-order valence-electron chi connectivity index (χ1n) is 10.7. The Balaban J connectivity index is 1.66. The molecule has 32 heavy (non-hydrogen) atoms. The number of carbonyl (C=O) groups excluding carboxylic acids is 2. The van der Waals surface area contributed by atoms with E-state index in [1.54, 1.807) is 19.2 Å². The standard InChI is InChI=1S/C26H29N3O3/c1-3-17-27-26(31)28-22-13-9-19(10-14-22)18-24(30)29-25(20-7-5-4-6-8-20)21-11-15-23(32-2)16-12-21/h4-16,25H,3,17-18H2,1-2H3,(H,29,30)(H2,27,28,31). The van der Waals surface area contributed by atoms with Crippen LogP contribution in [0.25, 0.3) is 0 Å². The summed E-state index contributed by atoms with van der Waals surface area (Å²) in [5, 5.41) is 8.69. The highest BCUT2D eigenvalue weighted by molar-refractivity contribution is 5.89. The van der Waals surface area contributed by atoms with E-state index in [9.17, 15) is 9.59 Å². The minimum atomic E-state index is -0.266. The van der Waals surface area contributed by atoms with Gasteiger partial charge in [-0.05, 0) is 47.4 Å². The summed E-state index contributed by atoms with van der Waals surface area (Å²) in [7, 11) is 1.63. The highest BCUT2D eigenvalue weighted by atomic mass is 16.5. The van der Waals surface area contributed by atoms with Crippen LogP contribution in [-0.4, -0.2) is 25.6 Å². The van der Waals surface area contributed by atoms with Gasteiger partial charge in [0, 0.05) is 12.2 Å². The minimum Gasteiger partial charge on any atom is -0.497 e. The molecule has 0 bridgehead atoms. The predicted molar refractivity (Wildman–Crippen MR) is 127 cm³/mol. The van der Waals surface area contributed by atoms with Gasteiger partial charge in [-0.1, -0.05) is 61.5 Å². The number of amides is 3. The summed E-state index contributed by atoms with van der Waals surface area (Å²) < 4.78 is 5.25. The lowest BCUT2D eigenvalue weighted by Crippen LogP contribution is -2.30. The maximum atomic E-state index is 12.9. The lowest BCUT2D eigenvalue weighted by atomic mass is 9.98. The van der Waals surface area contributed by atoms with Gasteiger partial charge < -0.3 is 20.7 Å². The van der Waals surface area contributed by atoms with E-state index in [1.165, 1.54) is 0 Å². The first-order valence-corrected chi connectivity index (χ1v) is 10.7. The SMILES string of the molecule is CCCNC(=O)Nc1ccc(CC(=O)NC(c2ccccc2)c2ccc(OC)cc2)cc1. The minimum absolute atomic E-state index is 0.0870. The summed E-state index contributed by atoms with van der Waals surface area (Å²) in [5.74, 6) is 0.681. The fourth-order valence-corrected chi connectivity index (χ4v) is 3.32. The quantitative estimate of drug-likeness (QED) is 0.460. The van der Waals surface area contributed by atoms with E-state index in [-0.39, 0.29) is 24.4 Å². The highest BCUT2D eigenvalue weighted by Crippen LogP contribution is 2.24. The average Bonchev–Trinajstić information content (AvgIpc) is 2.83. The zero-order valence-corrected chi connectivity index (χ0v) is 18.4. The number of benzene rings is 3. The molecule has 0 saturated heterocycles. The fraction of sp³-hybridized carbons (Fsp3) is 0.231. The molecule has 0 saturated carbocycles. The first kappa shape index (κ1) is 22.9. The van der Waals surface area contributed by atoms with Crippen LogP contribution in [0.5, 0.6) is 5.75 Å². The van der Waals surface area contributed by atoms with Crippen molar-refractivity contribution in [1.82, 2.24) is 10.6 Å². The van der Waals surface area contributed by atoms with Gasteiger partial charge in [0.05, 0.1) is 19.6 Å². The molecule has 0 aliphatic heterocycles. The molecule has 3 N–H and O–H groups in total. The van der Waals surface area contributed by atoms with E-state index in [1.807, 2.05) is 73.7 Å². The van der Waals surface area contributed by atoms with Crippen molar-refractivity contribution < 1.29 is 14.3 Å². The molecule has 6 nitrogen and oxygen atoms in total. The largest absolute Gasteiger partial charge is 0.497 e. The van der Waals surface area contributed by atoms with Crippen molar-refractivity contribution in [3.05, 3.63) is 95.6 Å². The normalized spacial score (nSPS) is 11.3. The number of hydrogen-bond acceptors (Lipinski definition) is 3. The van der Waals surface area contributed by atoms with E-state index in [2.05, 4.69) is 16.0 Å². The number of hydrogen-bond donors (Lipinski definition) is 3. The Labute approximate surface area is 189 Å². The van der Waals surface area contributed by atoms with Crippen molar-refractivity contribution in [3.63, 3.8) is 0 Å². The van der Waals surface area contributed by atoms with E-state index in [4.69, 9.17) is 4.74 Å². The third-order valence-electron chi connectivity index (χ3n) is 5.00. The molecule has 166 valence electrons. The molecule has 3 amide bonds. The van der Waals surface area contributed by atoms with Gasteiger partial charge in [0.2, 0.25) is 5.91 Å². The Morgan fingerprint density at radius 3 is 2.16 bits per heavy atom. The van der Waals surface area contributed by atoms with Gasteiger partial charge in [-0.15, -0.1) is 0 Å². The monoisotopic (exact) mass is 431 g/mol. The second-order valence-electron chi connectivity index (χ2n) is 7.44. The summed E-state index contributed by atoms with van der Waals surface area (Å²) in [6.45, 7) is 2.62. The van der Waals surface area contributed by atoms with Gasteiger partial charge in [0.1, 0.15) is 5.75 Å². The number of rotatable bonds is 9. The molecule has 0 aliphatic rings. The van der Waals surface area contributed by atoms with Crippen LogP contribution >= 0.6 is 0 Å². The van der Waals surface area contributed by atoms with Gasteiger partial charge in [-0.25, -0.2) is 4.79 Å². The van der Waals surface area contributed by atoms with E-state index in [0.29, 0.717) is 12.2 Å². The molecule has 0 fully saturated rings. The van der Waals surface area contributed by atoms with Crippen LogP contribution in [0.3, 0.4) is 0 Å². The van der Waals surface area contributed by atoms with Crippen molar-refractivity contribution in [2.24, 2.45) is 0 Å². The molecule has 3 aromatic carbocycles. The van der Waals surface area contributed by atoms with Crippen LogP contribution < -0.4 is 20.7 Å². The van der Waals surface area contributed by atoms with Crippen LogP contribution in [0.2, 0.25) is 0 Å². The number of ether oxygens (including phenoxy) is 1. The molecule has 3 rings (SSSR count). The molecule has 3 aromatic rings. The Kier molecular flexibility index (Phi) is 8.26. The van der Waals surface area contributed by atoms with Gasteiger partial charge in [0.25, 0.3) is 0 Å². The van der Waals surface area contributed by atoms with Crippen LogP contribution in [0.15, 0.2) is 78.9 Å². The number of urea groups is 1. The van der Waals surface area contributed by atoms with Crippen molar-refractivity contribution in [3.8, 4) is 5.75 Å². The number of carbonyl (C=O) groups is 2. The Morgan fingerprint density at radius 2 is 1.53 bits per heavy atom. The third-order valence-corrected chi connectivity index (χ3v) is 5.00. The molecule has 1 unspecified atom stereocenters. The van der Waals surface area contributed by atoms with Crippen molar-refractivity contribution >= 4 is 17.6 Å². The molecule has 0 heterocycles. The maximum Gasteiger partial charge on any atom is 0.319 e. The highest BCUT2D eigenvalue weighted by Gasteiger charge is 2.17. The van der Waals surface area contributed by atoms with Crippen LogP contribution in [0.1, 0.15) is 36.1 Å². The molecular formula is C26H29N3O3. The van der Waals surface area contributed by atoms with Crippen molar-refractivity contribution in [1.29, 1.82) is 0 Å².